The van der Waals surface area contributed by atoms with E-state index < -0.39 is 0 Å². The van der Waals surface area contributed by atoms with Gasteiger partial charge in [-0.2, -0.15) is 5.10 Å². The number of aromatic nitrogens is 2. The van der Waals surface area contributed by atoms with Gasteiger partial charge in [0.05, 0.1) is 4.47 Å². The van der Waals surface area contributed by atoms with E-state index in [0.717, 1.165) is 16.3 Å². The number of hydrogen-bond donors (Lipinski definition) is 2. The first kappa shape index (κ1) is 13.2. The molecule has 2 aromatic rings. The lowest BCUT2D eigenvalue weighted by Crippen LogP contribution is -2.12. The van der Waals surface area contributed by atoms with E-state index in [-0.39, 0.29) is 5.91 Å². The zero-order chi connectivity index (χ0) is 13.1. The molecule has 0 unspecified atom stereocenters. The SMILES string of the molecule is CSc1ccc(NC(=O)c2n[nH]c(C)c2Br)cc1. The van der Waals surface area contributed by atoms with Gasteiger partial charge in [0, 0.05) is 16.3 Å². The molecule has 4 nitrogen and oxygen atoms in total. The molecule has 0 spiro atoms. The number of halogens is 1. The molecule has 0 aliphatic carbocycles. The summed E-state index contributed by atoms with van der Waals surface area (Å²) in [5, 5.41) is 9.52. The maximum atomic E-state index is 12.0. The molecule has 0 bridgehead atoms. The van der Waals surface area contributed by atoms with Crippen LogP contribution in [0.15, 0.2) is 33.6 Å². The first-order valence-electron chi connectivity index (χ1n) is 5.27. The Labute approximate surface area is 118 Å². The van der Waals surface area contributed by atoms with E-state index in [1.807, 2.05) is 37.4 Å². The minimum Gasteiger partial charge on any atom is -0.321 e. The lowest BCUT2D eigenvalue weighted by Gasteiger charge is -2.04. The first-order valence-corrected chi connectivity index (χ1v) is 7.29. The molecule has 0 atom stereocenters. The van der Waals surface area contributed by atoms with Crippen LogP contribution in [0.25, 0.3) is 0 Å². The number of nitrogens with one attached hydrogen (secondary N) is 2. The van der Waals surface area contributed by atoms with Crippen molar-refractivity contribution in [1.82, 2.24) is 10.2 Å². The average molecular weight is 326 g/mol. The normalized spacial score (nSPS) is 10.4. The Morgan fingerprint density at radius 3 is 2.56 bits per heavy atom. The summed E-state index contributed by atoms with van der Waals surface area (Å²) in [5.74, 6) is -0.233. The van der Waals surface area contributed by atoms with Crippen molar-refractivity contribution in [2.45, 2.75) is 11.8 Å². The van der Waals surface area contributed by atoms with Crippen molar-refractivity contribution in [2.75, 3.05) is 11.6 Å². The van der Waals surface area contributed by atoms with Gasteiger partial charge in [-0.3, -0.25) is 9.89 Å². The summed E-state index contributed by atoms with van der Waals surface area (Å²) < 4.78 is 0.695. The lowest BCUT2D eigenvalue weighted by molar-refractivity contribution is 0.102. The molecule has 2 N–H and O–H groups in total. The predicted molar refractivity (Wildman–Crippen MR) is 77.2 cm³/mol. The summed E-state index contributed by atoms with van der Waals surface area (Å²) in [6.07, 6.45) is 2.01. The summed E-state index contributed by atoms with van der Waals surface area (Å²) in [6.45, 7) is 1.85. The van der Waals surface area contributed by atoms with Crippen molar-refractivity contribution in [2.24, 2.45) is 0 Å². The molecule has 94 valence electrons. The maximum Gasteiger partial charge on any atom is 0.277 e. The number of aromatic amines is 1. The second-order valence-electron chi connectivity index (χ2n) is 3.69. The average Bonchev–Trinajstić information content (AvgIpc) is 2.71. The molecule has 2 rings (SSSR count). The molecule has 0 aliphatic rings. The molecule has 0 radical (unpaired) electrons. The highest BCUT2D eigenvalue weighted by atomic mass is 79.9. The Morgan fingerprint density at radius 1 is 1.39 bits per heavy atom. The Hall–Kier alpha value is -1.27. The van der Waals surface area contributed by atoms with Crippen molar-refractivity contribution < 1.29 is 4.79 Å². The summed E-state index contributed by atoms with van der Waals surface area (Å²) in [7, 11) is 0. The van der Waals surface area contributed by atoms with E-state index in [1.165, 1.54) is 0 Å². The van der Waals surface area contributed by atoms with Crippen LogP contribution in [-0.4, -0.2) is 22.4 Å². The van der Waals surface area contributed by atoms with Gasteiger partial charge in [-0.25, -0.2) is 0 Å². The van der Waals surface area contributed by atoms with Gasteiger partial charge in [0.15, 0.2) is 5.69 Å². The van der Waals surface area contributed by atoms with Crippen molar-refractivity contribution in [3.8, 4) is 0 Å². The predicted octanol–water partition coefficient (Wildman–Crippen LogP) is 3.45. The van der Waals surface area contributed by atoms with Crippen LogP contribution in [0.2, 0.25) is 0 Å². The quantitative estimate of drug-likeness (QED) is 0.850. The van der Waals surface area contributed by atoms with Crippen LogP contribution in [0.4, 0.5) is 5.69 Å². The van der Waals surface area contributed by atoms with Gasteiger partial charge < -0.3 is 5.32 Å². The Kier molecular flexibility index (Phi) is 4.08. The van der Waals surface area contributed by atoms with Gasteiger partial charge in [-0.15, -0.1) is 11.8 Å². The van der Waals surface area contributed by atoms with Crippen LogP contribution in [0.3, 0.4) is 0 Å². The number of rotatable bonds is 3. The van der Waals surface area contributed by atoms with Crippen molar-refractivity contribution >= 4 is 39.3 Å². The zero-order valence-electron chi connectivity index (χ0n) is 9.95. The number of thioether (sulfide) groups is 1. The summed E-state index contributed by atoms with van der Waals surface area (Å²) in [4.78, 5) is 13.1. The molecule has 0 fully saturated rings. The summed E-state index contributed by atoms with van der Waals surface area (Å²) >= 11 is 4.99. The second-order valence-corrected chi connectivity index (χ2v) is 5.37. The second kappa shape index (κ2) is 5.58. The number of H-pyrrole nitrogens is 1. The molecule has 1 amide bonds. The number of nitrogens with zero attached hydrogens (tertiary/aromatic N) is 1. The summed E-state index contributed by atoms with van der Waals surface area (Å²) in [5.41, 5.74) is 1.95. The van der Waals surface area contributed by atoms with Crippen molar-refractivity contribution in [3.05, 3.63) is 40.1 Å². The highest BCUT2D eigenvalue weighted by molar-refractivity contribution is 9.10. The Morgan fingerprint density at radius 2 is 2.06 bits per heavy atom. The molecule has 0 saturated heterocycles. The van der Waals surface area contributed by atoms with Gasteiger partial charge in [-0.05, 0) is 53.4 Å². The van der Waals surface area contributed by atoms with Crippen molar-refractivity contribution in [3.63, 3.8) is 0 Å². The number of benzene rings is 1. The molecular weight excluding hydrogens is 314 g/mol. The van der Waals surface area contributed by atoms with E-state index in [0.29, 0.717) is 10.2 Å². The molecule has 0 aliphatic heterocycles. The van der Waals surface area contributed by atoms with E-state index in [2.05, 4.69) is 31.4 Å². The molecule has 1 aromatic heterocycles. The molecule has 6 heteroatoms. The minimum atomic E-state index is -0.233. The fourth-order valence-electron chi connectivity index (χ4n) is 1.43. The van der Waals surface area contributed by atoms with E-state index >= 15 is 0 Å². The lowest BCUT2D eigenvalue weighted by atomic mass is 10.3. The summed E-state index contributed by atoms with van der Waals surface area (Å²) in [6, 6.07) is 7.67. The monoisotopic (exact) mass is 325 g/mol. The molecule has 18 heavy (non-hydrogen) atoms. The van der Waals surface area contributed by atoms with Crippen LogP contribution in [0, 0.1) is 6.92 Å². The van der Waals surface area contributed by atoms with Crippen molar-refractivity contribution in [1.29, 1.82) is 0 Å². The third-order valence-electron chi connectivity index (χ3n) is 2.44. The van der Waals surface area contributed by atoms with Crippen LogP contribution < -0.4 is 5.32 Å². The number of amides is 1. The van der Waals surface area contributed by atoms with Gasteiger partial charge >= 0.3 is 0 Å². The van der Waals surface area contributed by atoms with Gasteiger partial charge in [-0.1, -0.05) is 0 Å². The van der Waals surface area contributed by atoms with E-state index in [1.54, 1.807) is 11.8 Å². The molecule has 1 heterocycles. The highest BCUT2D eigenvalue weighted by Crippen LogP contribution is 2.21. The first-order chi connectivity index (χ1) is 8.61. The fraction of sp³-hybridized carbons (Fsp3) is 0.167. The number of hydrogen-bond acceptors (Lipinski definition) is 3. The Balaban J connectivity index is 2.13. The molecule has 0 saturated carbocycles. The Bertz CT molecular complexity index is 565. The highest BCUT2D eigenvalue weighted by Gasteiger charge is 2.15. The third-order valence-corrected chi connectivity index (χ3v) is 4.15. The van der Waals surface area contributed by atoms with E-state index in [9.17, 15) is 4.79 Å². The smallest absolute Gasteiger partial charge is 0.277 e. The number of anilines is 1. The number of carbonyl (C=O) groups excluding carboxylic acids is 1. The minimum absolute atomic E-state index is 0.233. The van der Waals surface area contributed by atoms with Gasteiger partial charge in [0.25, 0.3) is 5.91 Å². The largest absolute Gasteiger partial charge is 0.321 e. The van der Waals surface area contributed by atoms with Crippen LogP contribution in [-0.2, 0) is 0 Å². The molecule has 1 aromatic carbocycles. The topological polar surface area (TPSA) is 57.8 Å². The third kappa shape index (κ3) is 2.76. The zero-order valence-corrected chi connectivity index (χ0v) is 12.4. The van der Waals surface area contributed by atoms with Crippen LogP contribution in [0.5, 0.6) is 0 Å². The molecular formula is C12H12BrN3OS. The van der Waals surface area contributed by atoms with Crippen LogP contribution in [0.1, 0.15) is 16.2 Å². The standard InChI is InChI=1S/C12H12BrN3OS/c1-7-10(13)11(16-15-7)12(17)14-8-3-5-9(18-2)6-4-8/h3-6H,1-2H3,(H,14,17)(H,15,16). The van der Waals surface area contributed by atoms with E-state index in [4.69, 9.17) is 0 Å². The van der Waals surface area contributed by atoms with Gasteiger partial charge in [0.2, 0.25) is 0 Å². The van der Waals surface area contributed by atoms with Crippen LogP contribution >= 0.6 is 27.7 Å². The fourth-order valence-corrected chi connectivity index (χ4v) is 2.20. The number of carbonyl (C=O) groups is 1. The maximum absolute atomic E-state index is 12.0. The van der Waals surface area contributed by atoms with Gasteiger partial charge in [0.1, 0.15) is 0 Å². The number of aryl methyl sites for hydroxylation is 1.